The molecule has 0 radical (unpaired) electrons. The van der Waals surface area contributed by atoms with E-state index in [1.807, 2.05) is 0 Å². The second-order valence-electron chi connectivity index (χ2n) is 5.69. The topological polar surface area (TPSA) is 140 Å². The first-order valence-electron chi connectivity index (χ1n) is 7.69. The van der Waals surface area contributed by atoms with Gasteiger partial charge in [-0.15, -0.1) is 5.10 Å². The zero-order valence-electron chi connectivity index (χ0n) is 13.9. The molecule has 0 unspecified atom stereocenters. The highest BCUT2D eigenvalue weighted by Gasteiger charge is 2.28. The average Bonchev–Trinajstić information content (AvgIpc) is 3.31. The number of ether oxygens (including phenoxy) is 3. The molecule has 0 amide bonds. The molecule has 0 atom stereocenters. The first kappa shape index (κ1) is 15.9. The van der Waals surface area contributed by atoms with E-state index in [1.54, 1.807) is 32.0 Å². The molecule has 11 heteroatoms. The molecule has 0 bridgehead atoms. The van der Waals surface area contributed by atoms with Gasteiger partial charge >= 0.3 is 5.97 Å². The number of benzene rings is 1. The Morgan fingerprint density at radius 2 is 2.08 bits per heavy atom. The van der Waals surface area contributed by atoms with Crippen LogP contribution in [-0.2, 0) is 4.74 Å². The van der Waals surface area contributed by atoms with Gasteiger partial charge < -0.3 is 19.9 Å². The molecule has 134 valence electrons. The van der Waals surface area contributed by atoms with Crippen LogP contribution in [0.25, 0.3) is 17.1 Å². The minimum absolute atomic E-state index is 0.0000321. The fraction of sp³-hybridized carbons (Fsp3) is 0.267. The van der Waals surface area contributed by atoms with Gasteiger partial charge in [0.05, 0.1) is 6.10 Å². The van der Waals surface area contributed by atoms with Crippen LogP contribution in [0.4, 0.5) is 5.82 Å². The van der Waals surface area contributed by atoms with Crippen LogP contribution in [0.15, 0.2) is 22.8 Å². The van der Waals surface area contributed by atoms with Crippen molar-refractivity contribution in [3.8, 4) is 28.6 Å². The van der Waals surface area contributed by atoms with E-state index in [1.165, 1.54) is 4.68 Å². The monoisotopic (exact) mass is 358 g/mol. The minimum Gasteiger partial charge on any atom is -0.458 e. The number of rotatable bonds is 4. The van der Waals surface area contributed by atoms with Crippen LogP contribution in [0.5, 0.6) is 11.5 Å². The molecule has 0 aliphatic carbocycles. The van der Waals surface area contributed by atoms with E-state index in [4.69, 9.17) is 19.9 Å². The number of fused-ring (bicyclic) bond motifs is 1. The molecular formula is C15H14N6O5. The van der Waals surface area contributed by atoms with E-state index >= 15 is 0 Å². The highest BCUT2D eigenvalue weighted by atomic mass is 16.7. The molecule has 1 aliphatic heterocycles. The predicted octanol–water partition coefficient (Wildman–Crippen LogP) is 1.19. The number of hydrogen-bond donors (Lipinski definition) is 1. The van der Waals surface area contributed by atoms with Crippen LogP contribution >= 0.6 is 0 Å². The van der Waals surface area contributed by atoms with Crippen LogP contribution in [0, 0.1) is 0 Å². The standard InChI is InChI=1S/C15H14N6O5/c1-7(2)25-15(22)11-12(8-3-4-9-10(5-8)24-6-23-9)21(20-17-11)14-13(16)18-26-19-14/h3-5,7H,6H2,1-2H3,(H2,16,18). The van der Waals surface area contributed by atoms with Crippen LogP contribution in [0.2, 0.25) is 0 Å². The highest BCUT2D eigenvalue weighted by molar-refractivity contribution is 5.94. The lowest BCUT2D eigenvalue weighted by molar-refractivity contribution is 0.0371. The van der Waals surface area contributed by atoms with E-state index in [-0.39, 0.29) is 30.2 Å². The molecule has 0 spiro atoms. The molecule has 4 rings (SSSR count). The second kappa shape index (κ2) is 6.02. The summed E-state index contributed by atoms with van der Waals surface area (Å²) in [5.41, 5.74) is 6.66. The predicted molar refractivity (Wildman–Crippen MR) is 85.7 cm³/mol. The lowest BCUT2D eigenvalue weighted by atomic mass is 10.1. The molecule has 26 heavy (non-hydrogen) atoms. The smallest absolute Gasteiger partial charge is 0.361 e. The molecule has 3 aromatic rings. The Morgan fingerprint density at radius 3 is 2.81 bits per heavy atom. The second-order valence-corrected chi connectivity index (χ2v) is 5.69. The van der Waals surface area contributed by atoms with Crippen molar-refractivity contribution in [2.75, 3.05) is 12.5 Å². The largest absolute Gasteiger partial charge is 0.458 e. The summed E-state index contributed by atoms with van der Waals surface area (Å²) in [6.45, 7) is 3.60. The highest BCUT2D eigenvalue weighted by Crippen LogP contribution is 2.37. The Balaban J connectivity index is 1.88. The third-order valence-corrected chi connectivity index (χ3v) is 3.55. The van der Waals surface area contributed by atoms with E-state index < -0.39 is 5.97 Å². The number of nitrogens with two attached hydrogens (primary N) is 1. The van der Waals surface area contributed by atoms with Crippen molar-refractivity contribution in [3.05, 3.63) is 23.9 Å². The molecule has 1 aliphatic rings. The number of anilines is 1. The van der Waals surface area contributed by atoms with Crippen molar-refractivity contribution in [3.63, 3.8) is 0 Å². The van der Waals surface area contributed by atoms with E-state index in [2.05, 4.69) is 25.3 Å². The Kier molecular flexibility index (Phi) is 3.68. The van der Waals surface area contributed by atoms with Crippen molar-refractivity contribution in [2.45, 2.75) is 20.0 Å². The van der Waals surface area contributed by atoms with Crippen LogP contribution in [0.1, 0.15) is 24.3 Å². The zero-order valence-corrected chi connectivity index (χ0v) is 13.9. The fourth-order valence-corrected chi connectivity index (χ4v) is 2.48. The molecule has 0 fully saturated rings. The van der Waals surface area contributed by atoms with Crippen molar-refractivity contribution in [1.82, 2.24) is 25.3 Å². The number of nitrogens with zero attached hydrogens (tertiary/aromatic N) is 5. The Hall–Kier alpha value is -3.63. The lowest BCUT2D eigenvalue weighted by Crippen LogP contribution is -2.13. The number of aromatic nitrogens is 5. The summed E-state index contributed by atoms with van der Waals surface area (Å²) in [6.07, 6.45) is -0.323. The lowest BCUT2D eigenvalue weighted by Gasteiger charge is -2.09. The van der Waals surface area contributed by atoms with Gasteiger partial charge in [-0.25, -0.2) is 9.42 Å². The van der Waals surface area contributed by atoms with Gasteiger partial charge in [0.25, 0.3) is 0 Å². The molecule has 0 saturated heterocycles. The van der Waals surface area contributed by atoms with Crippen LogP contribution in [0.3, 0.4) is 0 Å². The number of esters is 1. The van der Waals surface area contributed by atoms with Gasteiger partial charge in [0.15, 0.2) is 17.2 Å². The van der Waals surface area contributed by atoms with Gasteiger partial charge in [-0.2, -0.15) is 4.68 Å². The van der Waals surface area contributed by atoms with E-state index in [0.29, 0.717) is 22.8 Å². The average molecular weight is 358 g/mol. The normalized spacial score (nSPS) is 12.6. The van der Waals surface area contributed by atoms with Gasteiger partial charge in [0, 0.05) is 5.56 Å². The van der Waals surface area contributed by atoms with E-state index in [0.717, 1.165) is 0 Å². The maximum Gasteiger partial charge on any atom is 0.361 e. The van der Waals surface area contributed by atoms with E-state index in [9.17, 15) is 4.79 Å². The van der Waals surface area contributed by atoms with Crippen LogP contribution < -0.4 is 15.2 Å². The maximum absolute atomic E-state index is 12.5. The van der Waals surface area contributed by atoms with Crippen molar-refractivity contribution >= 4 is 11.8 Å². The first-order chi connectivity index (χ1) is 12.5. The summed E-state index contributed by atoms with van der Waals surface area (Å²) in [5.74, 6) is 0.606. The molecule has 1 aromatic carbocycles. The quantitative estimate of drug-likeness (QED) is 0.676. The SMILES string of the molecule is CC(C)OC(=O)c1nnn(-c2nonc2N)c1-c1ccc2c(c1)OCO2. The Bertz CT molecular complexity index is 979. The molecule has 0 saturated carbocycles. The van der Waals surface area contributed by atoms with Gasteiger partial charge in [0.1, 0.15) is 5.69 Å². The molecule has 11 nitrogen and oxygen atoms in total. The van der Waals surface area contributed by atoms with Crippen molar-refractivity contribution in [1.29, 1.82) is 0 Å². The zero-order chi connectivity index (χ0) is 18.3. The number of nitrogen functional groups attached to an aromatic ring is 1. The van der Waals surface area contributed by atoms with Gasteiger partial charge in [-0.1, -0.05) is 5.21 Å². The Labute approximate surface area is 146 Å². The summed E-state index contributed by atoms with van der Waals surface area (Å²) in [6, 6.07) is 5.16. The van der Waals surface area contributed by atoms with Gasteiger partial charge in [0.2, 0.25) is 18.4 Å². The first-order valence-corrected chi connectivity index (χ1v) is 7.69. The third-order valence-electron chi connectivity index (χ3n) is 3.55. The number of carbonyl (C=O) groups excluding carboxylic acids is 1. The Morgan fingerprint density at radius 1 is 1.27 bits per heavy atom. The number of hydrogen-bond acceptors (Lipinski definition) is 10. The van der Waals surface area contributed by atoms with Crippen molar-refractivity contribution in [2.24, 2.45) is 0 Å². The van der Waals surface area contributed by atoms with Gasteiger partial charge in [-0.3, -0.25) is 0 Å². The molecule has 2 N–H and O–H groups in total. The summed E-state index contributed by atoms with van der Waals surface area (Å²) in [4.78, 5) is 12.5. The molecule has 2 aromatic heterocycles. The molecular weight excluding hydrogens is 344 g/mol. The maximum atomic E-state index is 12.5. The third kappa shape index (κ3) is 2.59. The molecule has 3 heterocycles. The summed E-state index contributed by atoms with van der Waals surface area (Å²) in [5, 5.41) is 15.2. The van der Waals surface area contributed by atoms with Gasteiger partial charge in [-0.05, 0) is 42.4 Å². The summed E-state index contributed by atoms with van der Waals surface area (Å²) in [7, 11) is 0. The summed E-state index contributed by atoms with van der Waals surface area (Å²) >= 11 is 0. The number of carbonyl (C=O) groups is 1. The van der Waals surface area contributed by atoms with Crippen LogP contribution in [-0.4, -0.2) is 44.2 Å². The fourth-order valence-electron chi connectivity index (χ4n) is 2.48. The summed E-state index contributed by atoms with van der Waals surface area (Å²) < 4.78 is 21.8. The minimum atomic E-state index is -0.631. The van der Waals surface area contributed by atoms with Crippen molar-refractivity contribution < 1.29 is 23.6 Å².